The number of carbonyl (C=O) groups is 4. The van der Waals surface area contributed by atoms with E-state index < -0.39 is 11.4 Å². The lowest BCUT2D eigenvalue weighted by Crippen LogP contribution is -2.67. The van der Waals surface area contributed by atoms with Gasteiger partial charge in [0.1, 0.15) is 0 Å². The summed E-state index contributed by atoms with van der Waals surface area (Å²) in [4.78, 5) is 50.9. The molecule has 0 aromatic heterocycles. The highest BCUT2D eigenvalue weighted by Gasteiger charge is 2.70. The van der Waals surface area contributed by atoms with Crippen LogP contribution in [0, 0.1) is 50.2 Å². The van der Waals surface area contributed by atoms with Crippen LogP contribution in [-0.4, -0.2) is 41.9 Å². The number of ether oxygens (including phenoxy) is 1. The van der Waals surface area contributed by atoms with E-state index in [1.165, 1.54) is 12.7 Å². The second-order valence-corrected chi connectivity index (χ2v) is 16.3. The zero-order chi connectivity index (χ0) is 31.1. The van der Waals surface area contributed by atoms with Crippen molar-refractivity contribution in [1.82, 2.24) is 5.32 Å². The maximum atomic E-state index is 14.5. The van der Waals surface area contributed by atoms with Crippen LogP contribution in [0.3, 0.4) is 0 Å². The van der Waals surface area contributed by atoms with Gasteiger partial charge in [-0.05, 0) is 110 Å². The number of hydrogen-bond donors (Lipinski definition) is 2. The number of nitrogens with one attached hydrogen (secondary N) is 1. The molecule has 5 aliphatic carbocycles. The Balaban J connectivity index is 1.50. The molecular weight excluding hydrogens is 530 g/mol. The lowest BCUT2D eigenvalue weighted by Gasteiger charge is -2.70. The van der Waals surface area contributed by atoms with E-state index in [0.29, 0.717) is 0 Å². The van der Waals surface area contributed by atoms with Gasteiger partial charge in [0.2, 0.25) is 5.91 Å². The van der Waals surface area contributed by atoms with Crippen LogP contribution < -0.4 is 5.32 Å². The van der Waals surface area contributed by atoms with Crippen LogP contribution in [0.15, 0.2) is 23.8 Å². The summed E-state index contributed by atoms with van der Waals surface area (Å²) in [6, 6.07) is -0.0973. The predicted molar refractivity (Wildman–Crippen MR) is 160 cm³/mol. The quantitative estimate of drug-likeness (QED) is 0.299. The maximum absolute atomic E-state index is 14.5. The number of carbonyl (C=O) groups excluding carboxylic acids is 3. The number of carboxylic acids is 1. The highest BCUT2D eigenvalue weighted by molar-refractivity contribution is 5.96. The van der Waals surface area contributed by atoms with Crippen LogP contribution >= 0.6 is 0 Å². The first-order valence-electron chi connectivity index (χ1n) is 15.9. The summed E-state index contributed by atoms with van der Waals surface area (Å²) in [7, 11) is 1.48. The first kappa shape index (κ1) is 31.0. The lowest BCUT2D eigenvalue weighted by molar-refractivity contribution is -0.190. The zero-order valence-electron chi connectivity index (χ0n) is 26.9. The molecule has 42 heavy (non-hydrogen) atoms. The molecule has 2 N–H and O–H groups in total. The minimum absolute atomic E-state index is 0.0802. The van der Waals surface area contributed by atoms with Crippen molar-refractivity contribution in [3.8, 4) is 0 Å². The lowest BCUT2D eigenvalue weighted by atomic mass is 9.33. The van der Waals surface area contributed by atoms with E-state index in [1.54, 1.807) is 0 Å². The number of allylic oxidation sites excluding steroid dienone is 2. The highest BCUT2D eigenvalue weighted by Crippen LogP contribution is 2.75. The smallest absolute Gasteiger partial charge is 0.328 e. The molecule has 5 aliphatic rings. The fourth-order valence-corrected chi connectivity index (χ4v) is 11.2. The number of rotatable bonds is 4. The fraction of sp³-hybridized carbons (Fsp3) is 0.771. The van der Waals surface area contributed by atoms with Gasteiger partial charge in [-0.15, -0.1) is 0 Å². The first-order chi connectivity index (χ1) is 19.4. The van der Waals surface area contributed by atoms with Gasteiger partial charge in [0.15, 0.2) is 5.78 Å². The van der Waals surface area contributed by atoms with E-state index in [-0.39, 0.29) is 68.5 Å². The summed E-state index contributed by atoms with van der Waals surface area (Å²) in [6.07, 6.45) is 12.2. The predicted octanol–water partition coefficient (Wildman–Crippen LogP) is 6.27. The molecule has 0 bridgehead atoms. The van der Waals surface area contributed by atoms with Crippen LogP contribution in [0.2, 0.25) is 0 Å². The summed E-state index contributed by atoms with van der Waals surface area (Å²) in [5.74, 6) is -1.11. The third-order valence-electron chi connectivity index (χ3n) is 14.0. The number of hydrogen-bond acceptors (Lipinski definition) is 5. The van der Waals surface area contributed by atoms with Crippen molar-refractivity contribution in [2.75, 3.05) is 7.11 Å². The molecule has 4 fully saturated rings. The summed E-state index contributed by atoms with van der Waals surface area (Å²) >= 11 is 0. The third kappa shape index (κ3) is 4.26. The van der Waals surface area contributed by atoms with Crippen LogP contribution in [0.4, 0.5) is 0 Å². The Bertz CT molecular complexity index is 1270. The van der Waals surface area contributed by atoms with Gasteiger partial charge in [0.25, 0.3) is 0 Å². The molecule has 7 nitrogen and oxygen atoms in total. The zero-order valence-corrected chi connectivity index (χ0v) is 26.9. The van der Waals surface area contributed by atoms with Crippen LogP contribution in [-0.2, 0) is 23.9 Å². The average Bonchev–Trinajstić information content (AvgIpc) is 2.90. The van der Waals surface area contributed by atoms with E-state index in [1.807, 2.05) is 13.0 Å². The van der Waals surface area contributed by atoms with Gasteiger partial charge in [-0.25, -0.2) is 4.79 Å². The Kier molecular flexibility index (Phi) is 7.22. The van der Waals surface area contributed by atoms with Crippen LogP contribution in [0.5, 0.6) is 0 Å². The summed E-state index contributed by atoms with van der Waals surface area (Å²) in [5.41, 5.74) is 0.0206. The Morgan fingerprint density at radius 1 is 0.929 bits per heavy atom. The molecule has 3 unspecified atom stereocenters. The van der Waals surface area contributed by atoms with Gasteiger partial charge in [0, 0.05) is 24.1 Å². The molecule has 0 aromatic rings. The third-order valence-corrected chi connectivity index (χ3v) is 14.0. The number of ketones is 1. The molecule has 4 saturated carbocycles. The van der Waals surface area contributed by atoms with Crippen LogP contribution in [0.25, 0.3) is 0 Å². The SMILES string of the molecule is COC(=O)[C@@]1(C)CC[C@]2(C)CC[C@]3(C)C(=CC(=O)C4[C@@]5(C)CCC(NC(=O)/C=C\C(=O)O)C(C)(C)[C@@H]5CC[C@]43C)C2C1. The maximum Gasteiger partial charge on any atom is 0.328 e. The van der Waals surface area contributed by atoms with E-state index in [9.17, 15) is 19.2 Å². The van der Waals surface area contributed by atoms with Gasteiger partial charge in [-0.3, -0.25) is 14.4 Å². The van der Waals surface area contributed by atoms with Crippen molar-refractivity contribution in [1.29, 1.82) is 0 Å². The summed E-state index contributed by atoms with van der Waals surface area (Å²) < 4.78 is 5.26. The number of fused-ring (bicyclic) bond motifs is 7. The van der Waals surface area contributed by atoms with Gasteiger partial charge >= 0.3 is 11.9 Å². The van der Waals surface area contributed by atoms with Gasteiger partial charge in [0.05, 0.1) is 12.5 Å². The molecule has 0 spiro atoms. The standard InChI is InChI=1S/C35H51NO6/c1-30(2)24-11-14-35(7)28(33(24,5)13-12-25(30)36-26(38)9-10-27(39)40)23(37)19-21-22-20-32(4,29(41)42-8)16-15-31(22,3)17-18-34(21,35)6/h9-10,19,22,24-25,28H,11-18,20H2,1-8H3,(H,36,38)(H,39,40)/b10-9-/t22?,24-,25?,28?,31+,32-,33-,34+,35+/m0/s1. The van der Waals surface area contributed by atoms with Gasteiger partial charge in [-0.2, -0.15) is 0 Å². The highest BCUT2D eigenvalue weighted by atomic mass is 16.5. The monoisotopic (exact) mass is 581 g/mol. The van der Waals surface area contributed by atoms with Crippen molar-refractivity contribution >= 4 is 23.6 Å². The van der Waals surface area contributed by atoms with Crippen molar-refractivity contribution < 1.29 is 29.0 Å². The molecule has 1 amide bonds. The fourth-order valence-electron chi connectivity index (χ4n) is 11.2. The van der Waals surface area contributed by atoms with Crippen molar-refractivity contribution in [3.05, 3.63) is 23.8 Å². The minimum Gasteiger partial charge on any atom is -0.478 e. The normalized spacial score (nSPS) is 45.9. The average molecular weight is 582 g/mol. The molecule has 0 aromatic carbocycles. The van der Waals surface area contributed by atoms with Crippen LogP contribution in [0.1, 0.15) is 106 Å². The molecule has 0 heterocycles. The number of amides is 1. The van der Waals surface area contributed by atoms with E-state index in [0.717, 1.165) is 69.9 Å². The largest absolute Gasteiger partial charge is 0.478 e. The number of carboxylic acid groups (broad SMARTS) is 1. The summed E-state index contributed by atoms with van der Waals surface area (Å²) in [5, 5.41) is 12.0. The second kappa shape index (κ2) is 9.79. The Morgan fingerprint density at radius 3 is 2.24 bits per heavy atom. The van der Waals surface area contributed by atoms with Crippen molar-refractivity contribution in [2.45, 2.75) is 112 Å². The minimum atomic E-state index is -1.14. The topological polar surface area (TPSA) is 110 Å². The van der Waals surface area contributed by atoms with E-state index in [4.69, 9.17) is 9.84 Å². The number of esters is 1. The van der Waals surface area contributed by atoms with E-state index >= 15 is 0 Å². The molecule has 0 aliphatic heterocycles. The van der Waals surface area contributed by atoms with E-state index in [2.05, 4.69) is 46.9 Å². The molecule has 0 radical (unpaired) electrons. The Labute approximate surface area is 251 Å². The number of methoxy groups -OCH3 is 1. The summed E-state index contributed by atoms with van der Waals surface area (Å²) in [6.45, 7) is 16.0. The molecule has 0 saturated heterocycles. The molecular formula is C35H51NO6. The van der Waals surface area contributed by atoms with Gasteiger partial charge in [-0.1, -0.05) is 47.1 Å². The molecule has 9 atom stereocenters. The Hall–Kier alpha value is -2.44. The number of aliphatic carboxylic acids is 1. The van der Waals surface area contributed by atoms with Crippen molar-refractivity contribution in [2.24, 2.45) is 50.2 Å². The second-order valence-electron chi connectivity index (χ2n) is 16.3. The molecule has 5 rings (SSSR count). The Morgan fingerprint density at radius 2 is 1.60 bits per heavy atom. The molecule has 7 heteroatoms. The van der Waals surface area contributed by atoms with Crippen molar-refractivity contribution in [3.63, 3.8) is 0 Å². The first-order valence-corrected chi connectivity index (χ1v) is 15.9. The molecule has 232 valence electrons. The van der Waals surface area contributed by atoms with Gasteiger partial charge < -0.3 is 15.2 Å².